The summed E-state index contributed by atoms with van der Waals surface area (Å²) < 4.78 is 25.3. The van der Waals surface area contributed by atoms with Crippen LogP contribution in [0.5, 0.6) is 0 Å². The summed E-state index contributed by atoms with van der Waals surface area (Å²) in [6, 6.07) is 8.10. The first-order chi connectivity index (χ1) is 10.0. The van der Waals surface area contributed by atoms with E-state index in [2.05, 4.69) is 17.1 Å². The van der Waals surface area contributed by atoms with Gasteiger partial charge in [-0.3, -0.25) is 0 Å². The summed E-state index contributed by atoms with van der Waals surface area (Å²) >= 11 is 0. The first-order valence-corrected chi connectivity index (χ1v) is 9.07. The van der Waals surface area contributed by atoms with Crippen molar-refractivity contribution < 1.29 is 8.42 Å². The van der Waals surface area contributed by atoms with E-state index in [0.717, 1.165) is 24.8 Å². The molecular formula is C16H20N2O2S. The maximum Gasteiger partial charge on any atom is 0.211 e. The molecule has 0 bridgehead atoms. The number of aromatic amines is 1. The Kier molecular flexibility index (Phi) is 3.87. The van der Waals surface area contributed by atoms with Crippen LogP contribution in [0.1, 0.15) is 18.4 Å². The topological polar surface area (TPSA) is 53.2 Å². The quantitative estimate of drug-likeness (QED) is 0.834. The number of para-hydroxylation sites is 1. The van der Waals surface area contributed by atoms with Gasteiger partial charge in [0.15, 0.2) is 0 Å². The summed E-state index contributed by atoms with van der Waals surface area (Å²) in [5.74, 6) is 0. The van der Waals surface area contributed by atoms with Crippen LogP contribution in [0.25, 0.3) is 10.9 Å². The fourth-order valence-electron chi connectivity index (χ4n) is 2.48. The molecule has 1 saturated carbocycles. The van der Waals surface area contributed by atoms with Crippen molar-refractivity contribution >= 4 is 20.9 Å². The third kappa shape index (κ3) is 3.54. The number of H-pyrrole nitrogens is 1. The molecule has 0 atom stereocenters. The summed E-state index contributed by atoms with van der Waals surface area (Å²) in [5, 5.41) is 1.17. The number of benzene rings is 1. The predicted molar refractivity (Wildman–Crippen MR) is 85.7 cm³/mol. The number of hydrogen-bond donors (Lipinski definition) is 1. The van der Waals surface area contributed by atoms with Crippen LogP contribution >= 0.6 is 0 Å². The molecule has 21 heavy (non-hydrogen) atoms. The maximum absolute atomic E-state index is 11.9. The van der Waals surface area contributed by atoms with Gasteiger partial charge in [0.05, 0.1) is 6.26 Å². The molecule has 0 radical (unpaired) electrons. The van der Waals surface area contributed by atoms with Crippen molar-refractivity contribution in [1.82, 2.24) is 9.29 Å². The van der Waals surface area contributed by atoms with Gasteiger partial charge in [-0.2, -0.15) is 4.31 Å². The lowest BCUT2D eigenvalue weighted by atomic mass is 10.1. The Morgan fingerprint density at radius 1 is 1.29 bits per heavy atom. The van der Waals surface area contributed by atoms with E-state index < -0.39 is 10.0 Å². The molecule has 0 amide bonds. The van der Waals surface area contributed by atoms with Gasteiger partial charge in [0.25, 0.3) is 0 Å². The van der Waals surface area contributed by atoms with Crippen LogP contribution in [-0.2, 0) is 16.4 Å². The molecule has 0 saturated heterocycles. The third-order valence-electron chi connectivity index (χ3n) is 3.90. The number of allylic oxidation sites excluding steroid dienone is 1. The van der Waals surface area contributed by atoms with Gasteiger partial charge in [-0.1, -0.05) is 29.8 Å². The van der Waals surface area contributed by atoms with Gasteiger partial charge in [-0.15, -0.1) is 0 Å². The predicted octanol–water partition coefficient (Wildman–Crippen LogP) is 2.69. The summed E-state index contributed by atoms with van der Waals surface area (Å²) in [4.78, 5) is 3.23. The fourth-order valence-corrected chi connectivity index (χ4v) is 3.25. The van der Waals surface area contributed by atoms with Gasteiger partial charge in [0.1, 0.15) is 0 Å². The zero-order valence-electron chi connectivity index (χ0n) is 12.2. The number of fused-ring (bicyclic) bond motifs is 1. The van der Waals surface area contributed by atoms with Crippen molar-refractivity contribution in [2.45, 2.75) is 19.3 Å². The molecule has 1 aromatic carbocycles. The number of rotatable bonds is 6. The molecule has 0 unspecified atom stereocenters. The Morgan fingerprint density at radius 3 is 2.76 bits per heavy atom. The molecule has 1 heterocycles. The number of nitrogens with one attached hydrogen (secondary N) is 1. The van der Waals surface area contributed by atoms with E-state index in [-0.39, 0.29) is 0 Å². The van der Waals surface area contributed by atoms with E-state index in [0.29, 0.717) is 13.1 Å². The minimum atomic E-state index is -3.16. The van der Waals surface area contributed by atoms with Crippen LogP contribution in [-0.4, -0.2) is 37.1 Å². The normalized spacial score (nSPS) is 14.9. The van der Waals surface area contributed by atoms with Gasteiger partial charge >= 0.3 is 0 Å². The smallest absolute Gasteiger partial charge is 0.211 e. The second-order valence-electron chi connectivity index (χ2n) is 5.59. The molecule has 1 aliphatic carbocycles. The van der Waals surface area contributed by atoms with Crippen molar-refractivity contribution in [3.63, 3.8) is 0 Å². The second-order valence-corrected chi connectivity index (χ2v) is 7.58. The molecule has 112 valence electrons. The minimum Gasteiger partial charge on any atom is -0.361 e. The van der Waals surface area contributed by atoms with E-state index >= 15 is 0 Å². The highest BCUT2D eigenvalue weighted by molar-refractivity contribution is 7.88. The Bertz CT molecular complexity index is 768. The molecule has 5 heteroatoms. The first-order valence-electron chi connectivity index (χ1n) is 7.22. The van der Waals surface area contributed by atoms with Crippen molar-refractivity contribution in [2.24, 2.45) is 0 Å². The van der Waals surface area contributed by atoms with Gasteiger partial charge in [-0.25, -0.2) is 8.42 Å². The summed E-state index contributed by atoms with van der Waals surface area (Å²) in [5.41, 5.74) is 3.63. The van der Waals surface area contributed by atoms with Crippen LogP contribution in [0.2, 0.25) is 0 Å². The van der Waals surface area contributed by atoms with Crippen molar-refractivity contribution in [2.75, 3.05) is 19.3 Å². The molecule has 1 aliphatic rings. The summed E-state index contributed by atoms with van der Waals surface area (Å²) in [6.45, 7) is 1.01. The van der Waals surface area contributed by atoms with Crippen LogP contribution in [0, 0.1) is 0 Å². The van der Waals surface area contributed by atoms with E-state index in [1.165, 1.54) is 22.8 Å². The lowest BCUT2D eigenvalue weighted by Gasteiger charge is -2.17. The molecule has 1 fully saturated rings. The molecule has 3 rings (SSSR count). The van der Waals surface area contributed by atoms with E-state index in [9.17, 15) is 8.42 Å². The highest BCUT2D eigenvalue weighted by Gasteiger charge is 2.18. The lowest BCUT2D eigenvalue weighted by molar-refractivity contribution is 0.450. The monoisotopic (exact) mass is 304 g/mol. The van der Waals surface area contributed by atoms with E-state index in [1.807, 2.05) is 24.4 Å². The molecule has 0 aliphatic heterocycles. The minimum absolute atomic E-state index is 0.497. The Hall–Kier alpha value is -1.59. The first kappa shape index (κ1) is 14.4. The van der Waals surface area contributed by atoms with Gasteiger partial charge < -0.3 is 4.98 Å². The zero-order chi connectivity index (χ0) is 14.9. The van der Waals surface area contributed by atoms with Crippen molar-refractivity contribution in [3.8, 4) is 0 Å². The van der Waals surface area contributed by atoms with E-state index in [1.54, 1.807) is 4.31 Å². The van der Waals surface area contributed by atoms with Crippen LogP contribution in [0.4, 0.5) is 0 Å². The number of aromatic nitrogens is 1. The Labute approximate surface area is 125 Å². The molecule has 2 aromatic rings. The van der Waals surface area contributed by atoms with Gasteiger partial charge in [0.2, 0.25) is 10.0 Å². The van der Waals surface area contributed by atoms with Crippen LogP contribution in [0.3, 0.4) is 0 Å². The summed E-state index contributed by atoms with van der Waals surface area (Å²) in [7, 11) is -3.16. The molecular weight excluding hydrogens is 284 g/mol. The van der Waals surface area contributed by atoms with E-state index in [4.69, 9.17) is 0 Å². The Morgan fingerprint density at radius 2 is 2.05 bits per heavy atom. The average Bonchev–Trinajstić information content (AvgIpc) is 3.17. The van der Waals surface area contributed by atoms with Gasteiger partial charge in [-0.05, 0) is 30.9 Å². The average molecular weight is 304 g/mol. The largest absolute Gasteiger partial charge is 0.361 e. The van der Waals surface area contributed by atoms with Crippen LogP contribution < -0.4 is 0 Å². The third-order valence-corrected chi connectivity index (χ3v) is 5.17. The number of sulfonamides is 1. The zero-order valence-corrected chi connectivity index (χ0v) is 13.0. The highest BCUT2D eigenvalue weighted by atomic mass is 32.2. The fraction of sp³-hybridized carbons (Fsp3) is 0.375. The number of hydrogen-bond acceptors (Lipinski definition) is 2. The van der Waals surface area contributed by atoms with Crippen molar-refractivity contribution in [3.05, 3.63) is 47.7 Å². The molecule has 0 spiro atoms. The lowest BCUT2D eigenvalue weighted by Crippen LogP contribution is -2.32. The Balaban J connectivity index is 1.72. The van der Waals surface area contributed by atoms with Crippen LogP contribution in [0.15, 0.2) is 42.1 Å². The molecule has 4 nitrogen and oxygen atoms in total. The molecule has 1 aromatic heterocycles. The summed E-state index contributed by atoms with van der Waals surface area (Å²) in [6.07, 6.45) is 8.29. The standard InChI is InChI=1S/C16H20N2O2S/c1-21(19,20)18(10-8-13-6-7-13)11-9-14-12-17-16-5-3-2-4-15(14)16/h2-5,8,12,17H,6-7,9-11H2,1H3. The SMILES string of the molecule is CS(=O)(=O)N(CC=C1CC1)CCc1c[nH]c2ccccc12. The maximum atomic E-state index is 11.9. The van der Waals surface area contributed by atoms with Gasteiger partial charge in [0, 0.05) is 30.2 Å². The highest BCUT2D eigenvalue weighted by Crippen LogP contribution is 2.27. The van der Waals surface area contributed by atoms with Crippen molar-refractivity contribution in [1.29, 1.82) is 0 Å². The number of nitrogens with zero attached hydrogens (tertiary/aromatic N) is 1. The molecule has 1 N–H and O–H groups in total. The second kappa shape index (κ2) is 5.66.